The van der Waals surface area contributed by atoms with Crippen LogP contribution < -0.4 is 24.9 Å². The molecule has 0 saturated carbocycles. The highest BCUT2D eigenvalue weighted by atomic mass is 35.5. The Labute approximate surface area is 255 Å². The molecule has 0 aliphatic carbocycles. The standard InChI is InChI=1S/C34H25ClFN3O3S/c1-21-30(32(40)38-27-5-3-2-4-6-27)31(24-11-13-25(35)14-12-24)39-33(41)29(43-34(39)37-21)19-22-9-17-28(18-10-22)42-20-23-7-15-26(36)16-8-23/h2-19,31H,20H2,1H3,(H,38,40)/b29-19-/t31-/m0/s1. The third-order valence-corrected chi connectivity index (χ3v) is 8.22. The number of anilines is 1. The Morgan fingerprint density at radius 3 is 2.40 bits per heavy atom. The molecule has 0 saturated heterocycles. The molecule has 5 aromatic rings. The first-order chi connectivity index (χ1) is 20.9. The van der Waals surface area contributed by atoms with Gasteiger partial charge in [0.15, 0.2) is 4.80 Å². The number of amides is 1. The lowest BCUT2D eigenvalue weighted by atomic mass is 9.95. The van der Waals surface area contributed by atoms with Gasteiger partial charge < -0.3 is 10.1 Å². The molecule has 0 spiro atoms. The SMILES string of the molecule is CC1=C(C(=O)Nc2ccccc2)[C@H](c2ccc(Cl)cc2)n2c(s/c(=C\c3ccc(OCc4ccc(F)cc4)cc3)c2=O)=N1. The van der Waals surface area contributed by atoms with Crippen molar-refractivity contribution in [3.05, 3.63) is 162 Å². The Bertz CT molecular complexity index is 2000. The summed E-state index contributed by atoms with van der Waals surface area (Å²) in [5.41, 5.74) is 3.71. The molecule has 0 fully saturated rings. The quantitative estimate of drug-likeness (QED) is 0.237. The van der Waals surface area contributed by atoms with Crippen LogP contribution in [0.3, 0.4) is 0 Å². The molecular formula is C34H25ClFN3O3S. The van der Waals surface area contributed by atoms with E-state index in [2.05, 4.69) is 10.3 Å². The number of benzene rings is 4. The predicted octanol–water partition coefficient (Wildman–Crippen LogP) is 6.25. The van der Waals surface area contributed by atoms with Crippen LogP contribution >= 0.6 is 22.9 Å². The zero-order chi connectivity index (χ0) is 29.9. The monoisotopic (exact) mass is 609 g/mol. The van der Waals surface area contributed by atoms with Gasteiger partial charge in [0.05, 0.1) is 21.8 Å². The number of ether oxygens (including phenoxy) is 1. The molecule has 2 heterocycles. The summed E-state index contributed by atoms with van der Waals surface area (Å²) in [5, 5.41) is 3.50. The maximum absolute atomic E-state index is 13.9. The van der Waals surface area contributed by atoms with E-state index >= 15 is 0 Å². The Morgan fingerprint density at radius 1 is 1.00 bits per heavy atom. The summed E-state index contributed by atoms with van der Waals surface area (Å²) >= 11 is 7.44. The molecule has 1 aliphatic rings. The van der Waals surface area contributed by atoms with Gasteiger partial charge in [-0.15, -0.1) is 0 Å². The van der Waals surface area contributed by atoms with Gasteiger partial charge in [0.1, 0.15) is 18.2 Å². The molecule has 0 radical (unpaired) electrons. The van der Waals surface area contributed by atoms with Crippen molar-refractivity contribution in [2.24, 2.45) is 4.99 Å². The molecular weight excluding hydrogens is 585 g/mol. The van der Waals surface area contributed by atoms with Crippen LogP contribution in [0.1, 0.15) is 29.7 Å². The lowest BCUT2D eigenvalue weighted by molar-refractivity contribution is -0.113. The second kappa shape index (κ2) is 12.2. The van der Waals surface area contributed by atoms with Gasteiger partial charge >= 0.3 is 0 Å². The smallest absolute Gasteiger partial charge is 0.271 e. The first-order valence-corrected chi connectivity index (χ1v) is 14.7. The van der Waals surface area contributed by atoms with E-state index in [-0.39, 0.29) is 17.3 Å². The summed E-state index contributed by atoms with van der Waals surface area (Å²) in [5.74, 6) is 0.0213. The molecule has 9 heteroatoms. The predicted molar refractivity (Wildman–Crippen MR) is 167 cm³/mol. The van der Waals surface area contributed by atoms with E-state index in [1.54, 1.807) is 54.0 Å². The Morgan fingerprint density at radius 2 is 1.70 bits per heavy atom. The normalized spacial score (nSPS) is 14.7. The van der Waals surface area contributed by atoms with E-state index in [0.29, 0.717) is 43.7 Å². The van der Waals surface area contributed by atoms with Crippen LogP contribution in [-0.2, 0) is 11.4 Å². The molecule has 214 valence electrons. The lowest BCUT2D eigenvalue weighted by Crippen LogP contribution is -2.40. The Kier molecular flexibility index (Phi) is 8.05. The summed E-state index contributed by atoms with van der Waals surface area (Å²) in [7, 11) is 0. The average Bonchev–Trinajstić information content (AvgIpc) is 3.31. The van der Waals surface area contributed by atoms with Crippen LogP contribution in [0.2, 0.25) is 5.02 Å². The zero-order valence-electron chi connectivity index (χ0n) is 23.0. The third kappa shape index (κ3) is 6.21. The van der Waals surface area contributed by atoms with Crippen molar-refractivity contribution in [3.8, 4) is 5.75 Å². The largest absolute Gasteiger partial charge is 0.489 e. The minimum Gasteiger partial charge on any atom is -0.489 e. The van der Waals surface area contributed by atoms with Gasteiger partial charge in [-0.25, -0.2) is 9.38 Å². The second-order valence-corrected chi connectivity index (χ2v) is 11.4. The van der Waals surface area contributed by atoms with Crippen LogP contribution in [0.15, 0.2) is 124 Å². The van der Waals surface area contributed by atoms with Crippen LogP contribution in [0.5, 0.6) is 5.75 Å². The zero-order valence-corrected chi connectivity index (χ0v) is 24.5. The highest BCUT2D eigenvalue weighted by Gasteiger charge is 2.32. The molecule has 0 bridgehead atoms. The molecule has 6 rings (SSSR count). The molecule has 4 aromatic carbocycles. The summed E-state index contributed by atoms with van der Waals surface area (Å²) < 4.78 is 21.0. The second-order valence-electron chi connectivity index (χ2n) is 9.94. The van der Waals surface area contributed by atoms with Crippen LogP contribution in [0, 0.1) is 5.82 Å². The molecule has 1 amide bonds. The number of thiazole rings is 1. The van der Waals surface area contributed by atoms with E-state index in [4.69, 9.17) is 16.3 Å². The van der Waals surface area contributed by atoms with Gasteiger partial charge in [0.25, 0.3) is 11.5 Å². The van der Waals surface area contributed by atoms with Gasteiger partial charge in [0, 0.05) is 10.7 Å². The lowest BCUT2D eigenvalue weighted by Gasteiger charge is -2.25. The van der Waals surface area contributed by atoms with Crippen molar-refractivity contribution in [3.63, 3.8) is 0 Å². The number of allylic oxidation sites excluding steroid dienone is 1. The molecule has 6 nitrogen and oxygen atoms in total. The van der Waals surface area contributed by atoms with Gasteiger partial charge in [-0.1, -0.05) is 77.5 Å². The first kappa shape index (κ1) is 28.3. The fraction of sp³-hybridized carbons (Fsp3) is 0.0882. The van der Waals surface area contributed by atoms with Crippen molar-refractivity contribution in [1.29, 1.82) is 0 Å². The summed E-state index contributed by atoms with van der Waals surface area (Å²) in [6, 6.07) is 29.1. The van der Waals surface area contributed by atoms with Crippen molar-refractivity contribution in [2.45, 2.75) is 19.6 Å². The molecule has 1 atom stereocenters. The van der Waals surface area contributed by atoms with Crippen molar-refractivity contribution < 1.29 is 13.9 Å². The van der Waals surface area contributed by atoms with Gasteiger partial charge in [0.2, 0.25) is 0 Å². The van der Waals surface area contributed by atoms with Crippen molar-refractivity contribution in [2.75, 3.05) is 5.32 Å². The van der Waals surface area contributed by atoms with Gasteiger partial charge in [-0.2, -0.15) is 0 Å². The maximum Gasteiger partial charge on any atom is 0.271 e. The van der Waals surface area contributed by atoms with E-state index in [0.717, 1.165) is 16.7 Å². The number of rotatable bonds is 7. The maximum atomic E-state index is 13.9. The number of nitrogens with zero attached hydrogens (tertiary/aromatic N) is 2. The number of hydrogen-bond donors (Lipinski definition) is 1. The molecule has 0 unspecified atom stereocenters. The summed E-state index contributed by atoms with van der Waals surface area (Å²) in [6.45, 7) is 2.09. The van der Waals surface area contributed by atoms with Crippen LogP contribution in [-0.4, -0.2) is 10.5 Å². The van der Waals surface area contributed by atoms with Crippen molar-refractivity contribution in [1.82, 2.24) is 4.57 Å². The Balaban J connectivity index is 1.33. The van der Waals surface area contributed by atoms with Crippen LogP contribution in [0.25, 0.3) is 6.08 Å². The number of hydrogen-bond acceptors (Lipinski definition) is 5. The molecule has 1 aromatic heterocycles. The molecule has 1 N–H and O–H groups in total. The fourth-order valence-electron chi connectivity index (χ4n) is 4.85. The summed E-state index contributed by atoms with van der Waals surface area (Å²) in [6.07, 6.45) is 1.80. The summed E-state index contributed by atoms with van der Waals surface area (Å²) in [4.78, 5) is 32.7. The number of aromatic nitrogens is 1. The van der Waals surface area contributed by atoms with E-state index in [1.807, 2.05) is 54.6 Å². The number of carbonyl (C=O) groups is 1. The number of para-hydroxylation sites is 1. The minimum atomic E-state index is -0.693. The third-order valence-electron chi connectivity index (χ3n) is 6.98. The van der Waals surface area contributed by atoms with E-state index in [1.165, 1.54) is 23.5 Å². The number of nitrogens with one attached hydrogen (secondary N) is 1. The topological polar surface area (TPSA) is 72.7 Å². The first-order valence-electron chi connectivity index (χ1n) is 13.5. The average molecular weight is 610 g/mol. The highest BCUT2D eigenvalue weighted by Crippen LogP contribution is 2.31. The fourth-order valence-corrected chi connectivity index (χ4v) is 6.02. The molecule has 1 aliphatic heterocycles. The Hall–Kier alpha value is -4.79. The van der Waals surface area contributed by atoms with Crippen LogP contribution in [0.4, 0.5) is 10.1 Å². The van der Waals surface area contributed by atoms with Gasteiger partial charge in [-0.3, -0.25) is 14.2 Å². The van der Waals surface area contributed by atoms with Gasteiger partial charge in [-0.05, 0) is 78.2 Å². The number of fused-ring (bicyclic) bond motifs is 1. The minimum absolute atomic E-state index is 0.252. The molecule has 43 heavy (non-hydrogen) atoms. The van der Waals surface area contributed by atoms with Crippen molar-refractivity contribution >= 4 is 40.6 Å². The number of halogens is 2. The highest BCUT2D eigenvalue weighted by molar-refractivity contribution is 7.07. The van der Waals surface area contributed by atoms with E-state index < -0.39 is 6.04 Å². The van der Waals surface area contributed by atoms with E-state index in [9.17, 15) is 14.0 Å². The number of carbonyl (C=O) groups excluding carboxylic acids is 1.